The summed E-state index contributed by atoms with van der Waals surface area (Å²) in [6, 6.07) is 1.04. The number of nitrogens with zero attached hydrogens (tertiary/aromatic N) is 1. The Bertz CT molecular complexity index is 714. The van der Waals surface area contributed by atoms with Crippen molar-refractivity contribution >= 4 is 43.2 Å². The lowest BCUT2D eigenvalue weighted by atomic mass is 10.3. The van der Waals surface area contributed by atoms with Gasteiger partial charge in [0.05, 0.1) is 21.7 Å². The molecule has 0 unspecified atom stereocenters. The van der Waals surface area contributed by atoms with Gasteiger partial charge in [-0.25, -0.2) is 12.8 Å². The molecule has 1 fully saturated rings. The fourth-order valence-electron chi connectivity index (χ4n) is 1.86. The first-order valence-corrected chi connectivity index (χ1v) is 8.76. The van der Waals surface area contributed by atoms with E-state index in [9.17, 15) is 12.8 Å². The molecule has 4 nitrogen and oxygen atoms in total. The summed E-state index contributed by atoms with van der Waals surface area (Å²) in [5.74, 6) is 1.54. The molecule has 0 bridgehead atoms. The topological polar surface area (TPSA) is 63.4 Å². The highest BCUT2D eigenvalue weighted by Gasteiger charge is 2.34. The fraction of sp³-hybridized carbons (Fsp3) is 0.385. The summed E-state index contributed by atoms with van der Waals surface area (Å²) in [4.78, 5) is -0.552. The molecule has 0 heterocycles. The van der Waals surface area contributed by atoms with Gasteiger partial charge in [-0.15, -0.1) is 6.42 Å². The first kappa shape index (κ1) is 16.6. The molecule has 0 aliphatic heterocycles. The van der Waals surface area contributed by atoms with Crippen molar-refractivity contribution in [2.75, 3.05) is 18.8 Å². The summed E-state index contributed by atoms with van der Waals surface area (Å²) in [7, 11) is -4.08. The maximum Gasteiger partial charge on any atom is 0.247 e. The normalized spacial score (nSPS) is 15.2. The second kappa shape index (κ2) is 6.13. The lowest BCUT2D eigenvalue weighted by Gasteiger charge is -2.21. The number of terminal acetylenes is 1. The number of nitrogen functional groups attached to an aromatic ring is 1. The molecule has 0 amide bonds. The molecule has 1 aliphatic rings. The Morgan fingerprint density at radius 3 is 2.71 bits per heavy atom. The van der Waals surface area contributed by atoms with Crippen LogP contribution >= 0.6 is 27.5 Å². The molecular weight excluding hydrogens is 383 g/mol. The molecule has 0 aromatic heterocycles. The zero-order chi connectivity index (χ0) is 15.8. The van der Waals surface area contributed by atoms with E-state index in [-0.39, 0.29) is 34.2 Å². The van der Waals surface area contributed by atoms with E-state index in [1.54, 1.807) is 0 Å². The molecule has 0 radical (unpaired) electrons. The average molecular weight is 396 g/mol. The van der Waals surface area contributed by atoms with Gasteiger partial charge in [-0.05, 0) is 40.8 Å². The Kier molecular flexibility index (Phi) is 4.83. The molecule has 1 aromatic carbocycles. The third-order valence-electron chi connectivity index (χ3n) is 3.20. The van der Waals surface area contributed by atoms with Crippen LogP contribution in [-0.2, 0) is 10.0 Å². The lowest BCUT2D eigenvalue weighted by molar-refractivity contribution is 0.426. The largest absolute Gasteiger partial charge is 0.395 e. The van der Waals surface area contributed by atoms with E-state index in [1.165, 1.54) is 0 Å². The maximum atomic E-state index is 14.2. The minimum Gasteiger partial charge on any atom is -0.395 e. The Balaban J connectivity index is 2.49. The van der Waals surface area contributed by atoms with E-state index in [0.29, 0.717) is 0 Å². The van der Waals surface area contributed by atoms with Gasteiger partial charge in [-0.3, -0.25) is 0 Å². The second-order valence-electron chi connectivity index (χ2n) is 4.84. The monoisotopic (exact) mass is 394 g/mol. The van der Waals surface area contributed by atoms with Crippen molar-refractivity contribution in [1.82, 2.24) is 4.31 Å². The summed E-state index contributed by atoms with van der Waals surface area (Å²) in [5.41, 5.74) is 5.20. The standard InChI is InChI=1S/C13H13BrClFN2O2S/c1-2-5-18(7-8-3-4-8)21(19,20)10-6-9(15)11(14)13(17)12(10)16/h1,6,8H,3-5,7,17H2. The quantitative estimate of drug-likeness (QED) is 0.474. The molecule has 1 saturated carbocycles. The number of sulfonamides is 1. The molecule has 1 aliphatic carbocycles. The summed E-state index contributed by atoms with van der Waals surface area (Å²) in [5, 5.41) is 0.0274. The highest BCUT2D eigenvalue weighted by molar-refractivity contribution is 9.10. The molecular formula is C13H13BrClFN2O2S. The van der Waals surface area contributed by atoms with E-state index >= 15 is 0 Å². The van der Waals surface area contributed by atoms with Gasteiger partial charge in [-0.1, -0.05) is 17.5 Å². The molecule has 2 N–H and O–H groups in total. The summed E-state index contributed by atoms with van der Waals surface area (Å²) >= 11 is 8.89. The number of halogens is 3. The molecule has 21 heavy (non-hydrogen) atoms. The smallest absolute Gasteiger partial charge is 0.247 e. The number of nitrogens with two attached hydrogens (primary N) is 1. The van der Waals surface area contributed by atoms with Crippen molar-refractivity contribution in [2.24, 2.45) is 5.92 Å². The van der Waals surface area contributed by atoms with E-state index in [1.807, 2.05) is 0 Å². The Labute approximate surface area is 136 Å². The summed E-state index contributed by atoms with van der Waals surface area (Å²) in [6.07, 6.45) is 7.11. The number of hydrogen-bond donors (Lipinski definition) is 1. The third kappa shape index (κ3) is 3.34. The van der Waals surface area contributed by atoms with Crippen LogP contribution in [0.4, 0.5) is 10.1 Å². The highest BCUT2D eigenvalue weighted by Crippen LogP contribution is 2.37. The number of benzene rings is 1. The average Bonchev–Trinajstić information content (AvgIpc) is 3.24. The minimum atomic E-state index is -4.08. The van der Waals surface area contributed by atoms with Gasteiger partial charge in [0.25, 0.3) is 0 Å². The van der Waals surface area contributed by atoms with Crippen molar-refractivity contribution in [3.05, 3.63) is 21.4 Å². The number of anilines is 1. The van der Waals surface area contributed by atoms with Gasteiger partial charge in [0.1, 0.15) is 4.90 Å². The predicted octanol–water partition coefficient (Wildman–Crippen LogP) is 2.86. The Morgan fingerprint density at radius 2 is 2.19 bits per heavy atom. The summed E-state index contributed by atoms with van der Waals surface area (Å²) < 4.78 is 40.6. The van der Waals surface area contributed by atoms with Crippen LogP contribution in [0.1, 0.15) is 12.8 Å². The molecule has 8 heteroatoms. The zero-order valence-corrected chi connectivity index (χ0v) is 14.1. The van der Waals surface area contributed by atoms with Crippen LogP contribution < -0.4 is 5.73 Å². The van der Waals surface area contributed by atoms with E-state index in [0.717, 1.165) is 23.2 Å². The Morgan fingerprint density at radius 1 is 1.57 bits per heavy atom. The van der Waals surface area contributed by atoms with Gasteiger partial charge in [0, 0.05) is 6.54 Å². The van der Waals surface area contributed by atoms with Crippen molar-refractivity contribution in [1.29, 1.82) is 0 Å². The zero-order valence-electron chi connectivity index (χ0n) is 10.9. The molecule has 1 aromatic rings. The molecule has 2 rings (SSSR count). The second-order valence-corrected chi connectivity index (χ2v) is 7.95. The number of hydrogen-bond acceptors (Lipinski definition) is 3. The van der Waals surface area contributed by atoms with E-state index in [2.05, 4.69) is 21.9 Å². The van der Waals surface area contributed by atoms with Gasteiger partial charge in [0.15, 0.2) is 5.82 Å². The van der Waals surface area contributed by atoms with Crippen molar-refractivity contribution in [3.63, 3.8) is 0 Å². The van der Waals surface area contributed by atoms with Gasteiger partial charge in [-0.2, -0.15) is 4.31 Å². The summed E-state index contributed by atoms with van der Waals surface area (Å²) in [6.45, 7) is 0.158. The van der Waals surface area contributed by atoms with Crippen LogP contribution in [0.25, 0.3) is 0 Å². The van der Waals surface area contributed by atoms with E-state index in [4.69, 9.17) is 23.8 Å². The van der Waals surface area contributed by atoms with Crippen LogP contribution in [0.5, 0.6) is 0 Å². The molecule has 0 saturated heterocycles. The predicted molar refractivity (Wildman–Crippen MR) is 83.8 cm³/mol. The van der Waals surface area contributed by atoms with Crippen molar-refractivity contribution in [3.8, 4) is 12.3 Å². The van der Waals surface area contributed by atoms with E-state index < -0.39 is 20.7 Å². The first-order chi connectivity index (χ1) is 9.78. The molecule has 0 atom stereocenters. The first-order valence-electron chi connectivity index (χ1n) is 6.15. The fourth-order valence-corrected chi connectivity index (χ4v) is 3.96. The van der Waals surface area contributed by atoms with Crippen LogP contribution in [0, 0.1) is 24.1 Å². The highest BCUT2D eigenvalue weighted by atomic mass is 79.9. The SMILES string of the molecule is C#CCN(CC1CC1)S(=O)(=O)c1cc(Cl)c(Br)c(N)c1F. The number of rotatable bonds is 5. The van der Waals surface area contributed by atoms with Crippen LogP contribution in [0.15, 0.2) is 15.4 Å². The molecule has 0 spiro atoms. The van der Waals surface area contributed by atoms with Gasteiger partial charge < -0.3 is 5.73 Å². The molecule has 114 valence electrons. The Hall–Kier alpha value is -0.810. The van der Waals surface area contributed by atoms with Crippen molar-refractivity contribution < 1.29 is 12.8 Å². The van der Waals surface area contributed by atoms with Gasteiger partial charge in [0.2, 0.25) is 10.0 Å². The third-order valence-corrected chi connectivity index (χ3v) is 6.39. The van der Waals surface area contributed by atoms with Crippen LogP contribution in [-0.4, -0.2) is 25.8 Å². The maximum absolute atomic E-state index is 14.2. The lowest BCUT2D eigenvalue weighted by Crippen LogP contribution is -2.34. The van der Waals surface area contributed by atoms with Crippen LogP contribution in [0.3, 0.4) is 0 Å². The van der Waals surface area contributed by atoms with Crippen molar-refractivity contribution in [2.45, 2.75) is 17.7 Å². The van der Waals surface area contributed by atoms with Crippen LogP contribution in [0.2, 0.25) is 5.02 Å². The minimum absolute atomic E-state index is 0.0274. The van der Waals surface area contributed by atoms with Gasteiger partial charge >= 0.3 is 0 Å².